The van der Waals surface area contributed by atoms with Crippen LogP contribution in [0.15, 0.2) is 72.3 Å². The molecule has 3 aliphatic heterocycles. The van der Waals surface area contributed by atoms with Crippen LogP contribution in [0, 0.1) is 10.8 Å². The number of allylic oxidation sites excluding steroid dienone is 2. The Morgan fingerprint density at radius 1 is 0.833 bits per heavy atom. The van der Waals surface area contributed by atoms with Crippen molar-refractivity contribution in [3.05, 3.63) is 89.0 Å². The molecule has 0 saturated carbocycles. The van der Waals surface area contributed by atoms with E-state index in [1.54, 1.807) is 12.1 Å². The summed E-state index contributed by atoms with van der Waals surface area (Å²) in [7, 11) is -2.96. The van der Waals surface area contributed by atoms with Gasteiger partial charge in [0.15, 0.2) is 9.84 Å². The topological polar surface area (TPSA) is 115 Å². The SMILES string of the molecule is CC1(C)C(c2ccc(C(=O)O)cc2)=CC[C@]2(C)CN(C(=O)C3(c4ccccc4)CCN(C(=O)CCN4CCS(=O)(=O)CC4)CC3)CC=C12. The van der Waals surface area contributed by atoms with Crippen LogP contribution in [0.1, 0.15) is 67.9 Å². The summed E-state index contributed by atoms with van der Waals surface area (Å²) in [6, 6.07) is 17.1. The Kier molecular flexibility index (Phi) is 9.19. The van der Waals surface area contributed by atoms with Gasteiger partial charge in [-0.15, -0.1) is 0 Å². The lowest BCUT2D eigenvalue weighted by Gasteiger charge is -2.52. The molecule has 9 nitrogen and oxygen atoms in total. The van der Waals surface area contributed by atoms with E-state index in [1.807, 2.05) is 52.3 Å². The Morgan fingerprint density at radius 3 is 2.10 bits per heavy atom. The van der Waals surface area contributed by atoms with Crippen LogP contribution in [0.4, 0.5) is 0 Å². The van der Waals surface area contributed by atoms with Gasteiger partial charge >= 0.3 is 5.97 Å². The molecule has 4 aliphatic rings. The van der Waals surface area contributed by atoms with E-state index in [0.29, 0.717) is 65.1 Å². The molecule has 1 atom stereocenters. The number of sulfone groups is 1. The Bertz CT molecular complexity index is 1730. The largest absolute Gasteiger partial charge is 0.478 e. The first-order valence-corrected chi connectivity index (χ1v) is 18.9. The molecule has 2 saturated heterocycles. The van der Waals surface area contributed by atoms with Gasteiger partial charge in [0, 0.05) is 63.1 Å². The second-order valence-corrected chi connectivity index (χ2v) is 17.1. The van der Waals surface area contributed by atoms with Gasteiger partial charge in [0.2, 0.25) is 11.8 Å². The molecule has 0 unspecified atom stereocenters. The molecule has 6 rings (SSSR count). The van der Waals surface area contributed by atoms with Crippen molar-refractivity contribution in [1.29, 1.82) is 0 Å². The van der Waals surface area contributed by atoms with E-state index in [4.69, 9.17) is 0 Å². The molecule has 2 aromatic rings. The van der Waals surface area contributed by atoms with Crippen LogP contribution >= 0.6 is 0 Å². The van der Waals surface area contributed by atoms with E-state index in [-0.39, 0.29) is 39.7 Å². The van der Waals surface area contributed by atoms with Crippen molar-refractivity contribution < 1.29 is 27.9 Å². The van der Waals surface area contributed by atoms with Crippen LogP contribution in [0.2, 0.25) is 0 Å². The molecule has 256 valence electrons. The second kappa shape index (κ2) is 12.9. The molecule has 48 heavy (non-hydrogen) atoms. The van der Waals surface area contributed by atoms with Crippen molar-refractivity contribution >= 4 is 33.2 Å². The summed E-state index contributed by atoms with van der Waals surface area (Å²) in [5, 5.41) is 9.36. The zero-order chi connectivity index (χ0) is 34.3. The van der Waals surface area contributed by atoms with Crippen molar-refractivity contribution in [2.75, 3.05) is 57.3 Å². The molecule has 0 aromatic heterocycles. The molecule has 1 N–H and O–H groups in total. The fourth-order valence-electron chi connectivity index (χ4n) is 8.57. The Morgan fingerprint density at radius 2 is 1.48 bits per heavy atom. The summed E-state index contributed by atoms with van der Waals surface area (Å²) in [5.41, 5.74) is 3.49. The number of amides is 2. The summed E-state index contributed by atoms with van der Waals surface area (Å²) >= 11 is 0. The zero-order valence-electron chi connectivity index (χ0n) is 28.3. The predicted octanol–water partition coefficient (Wildman–Crippen LogP) is 4.65. The summed E-state index contributed by atoms with van der Waals surface area (Å²) in [6.45, 7) is 10.3. The first-order chi connectivity index (χ1) is 22.7. The maximum Gasteiger partial charge on any atom is 0.335 e. The molecule has 0 bridgehead atoms. The van der Waals surface area contributed by atoms with Gasteiger partial charge in [-0.2, -0.15) is 0 Å². The van der Waals surface area contributed by atoms with Gasteiger partial charge in [-0.1, -0.05) is 81.0 Å². The molecule has 10 heteroatoms. The number of benzene rings is 2. The van der Waals surface area contributed by atoms with Crippen LogP contribution < -0.4 is 0 Å². The number of piperidine rings is 1. The number of hydrogen-bond acceptors (Lipinski definition) is 6. The average Bonchev–Trinajstić information content (AvgIpc) is 3.07. The lowest BCUT2D eigenvalue weighted by Crippen LogP contribution is -2.57. The van der Waals surface area contributed by atoms with E-state index in [2.05, 4.69) is 37.8 Å². The third-order valence-corrected chi connectivity index (χ3v) is 12.9. The van der Waals surface area contributed by atoms with Crippen molar-refractivity contribution in [1.82, 2.24) is 14.7 Å². The third kappa shape index (κ3) is 6.49. The molecular formula is C38H47N3O6S. The molecule has 2 fully saturated rings. The number of carboxylic acid groups (broad SMARTS) is 1. The van der Waals surface area contributed by atoms with Gasteiger partial charge in [-0.3, -0.25) is 9.59 Å². The number of carbonyl (C=O) groups is 3. The number of likely N-dealkylation sites (tertiary alicyclic amines) is 1. The number of carboxylic acids is 1. The Hall–Kier alpha value is -3.76. The van der Waals surface area contributed by atoms with Crippen molar-refractivity contribution in [2.24, 2.45) is 10.8 Å². The molecule has 0 radical (unpaired) electrons. The number of fused-ring (bicyclic) bond motifs is 1. The van der Waals surface area contributed by atoms with Crippen LogP contribution in [-0.2, 0) is 24.8 Å². The molecule has 1 aliphatic carbocycles. The van der Waals surface area contributed by atoms with E-state index >= 15 is 0 Å². The van der Waals surface area contributed by atoms with Crippen molar-refractivity contribution in [3.63, 3.8) is 0 Å². The fourth-order valence-corrected chi connectivity index (χ4v) is 9.84. The van der Waals surface area contributed by atoms with Gasteiger partial charge in [-0.05, 0) is 48.1 Å². The number of nitrogens with zero attached hydrogens (tertiary/aromatic N) is 3. The van der Waals surface area contributed by atoms with Gasteiger partial charge in [0.25, 0.3) is 0 Å². The maximum absolute atomic E-state index is 14.8. The van der Waals surface area contributed by atoms with Gasteiger partial charge in [-0.25, -0.2) is 13.2 Å². The van der Waals surface area contributed by atoms with E-state index in [1.165, 1.54) is 11.1 Å². The van der Waals surface area contributed by atoms with E-state index in [9.17, 15) is 27.9 Å². The van der Waals surface area contributed by atoms with Crippen LogP contribution in [0.5, 0.6) is 0 Å². The highest BCUT2D eigenvalue weighted by molar-refractivity contribution is 7.91. The monoisotopic (exact) mass is 673 g/mol. The lowest BCUT2D eigenvalue weighted by atomic mass is 9.58. The molecule has 3 heterocycles. The molecular weight excluding hydrogens is 627 g/mol. The Balaban J connectivity index is 1.17. The first kappa shape index (κ1) is 34.1. The van der Waals surface area contributed by atoms with E-state index in [0.717, 1.165) is 17.5 Å². The average molecular weight is 674 g/mol. The number of aromatic carboxylic acids is 1. The van der Waals surface area contributed by atoms with Crippen LogP contribution in [0.25, 0.3) is 5.57 Å². The standard InChI is InChI=1S/C38H47N3O6S/c1-36(2)31(28-9-11-29(12-10-28)34(43)44)13-16-37(3)27-41(20-14-32(36)37)35(45)38(30-7-5-4-6-8-30)17-21-40(22-18-38)33(42)15-19-39-23-25-48(46,47)26-24-39/h4-14H,15-27H2,1-3H3,(H,43,44)/t37-/m1/s1. The summed E-state index contributed by atoms with van der Waals surface area (Å²) in [5.74, 6) is -0.471. The zero-order valence-corrected chi connectivity index (χ0v) is 29.1. The highest BCUT2D eigenvalue weighted by Gasteiger charge is 2.50. The number of hydrogen-bond donors (Lipinski definition) is 1. The predicted molar refractivity (Wildman–Crippen MR) is 186 cm³/mol. The minimum Gasteiger partial charge on any atom is -0.478 e. The van der Waals surface area contributed by atoms with Gasteiger partial charge in [0.1, 0.15) is 0 Å². The highest BCUT2D eigenvalue weighted by Crippen LogP contribution is 2.55. The minimum absolute atomic E-state index is 0.0558. The van der Waals surface area contributed by atoms with E-state index < -0.39 is 21.2 Å². The number of carbonyl (C=O) groups excluding carboxylic acids is 2. The first-order valence-electron chi connectivity index (χ1n) is 17.1. The quantitative estimate of drug-likeness (QED) is 0.426. The minimum atomic E-state index is -2.96. The van der Waals surface area contributed by atoms with Crippen LogP contribution in [0.3, 0.4) is 0 Å². The Labute approximate surface area is 284 Å². The maximum atomic E-state index is 14.8. The lowest BCUT2D eigenvalue weighted by molar-refractivity contribution is -0.144. The van der Waals surface area contributed by atoms with Gasteiger partial charge in [0.05, 0.1) is 22.5 Å². The highest BCUT2D eigenvalue weighted by atomic mass is 32.2. The normalized spacial score (nSPS) is 25.0. The number of rotatable bonds is 7. The molecule has 0 spiro atoms. The smallest absolute Gasteiger partial charge is 0.335 e. The third-order valence-electron chi connectivity index (χ3n) is 11.3. The summed E-state index contributed by atoms with van der Waals surface area (Å²) in [4.78, 5) is 45.4. The second-order valence-electron chi connectivity index (χ2n) is 14.8. The molecule has 2 amide bonds. The summed E-state index contributed by atoms with van der Waals surface area (Å²) < 4.78 is 23.6. The van der Waals surface area contributed by atoms with Gasteiger partial charge < -0.3 is 19.8 Å². The molecule has 2 aromatic carbocycles. The van der Waals surface area contributed by atoms with Crippen molar-refractivity contribution in [2.45, 2.75) is 51.9 Å². The summed E-state index contributed by atoms with van der Waals surface area (Å²) in [6.07, 6.45) is 6.72. The van der Waals surface area contributed by atoms with Crippen LogP contribution in [-0.4, -0.2) is 103 Å². The fraction of sp³-hybridized carbons (Fsp3) is 0.500. The van der Waals surface area contributed by atoms with Crippen molar-refractivity contribution in [3.8, 4) is 0 Å².